The van der Waals surface area contributed by atoms with Crippen molar-refractivity contribution in [1.29, 1.82) is 0 Å². The first-order valence-corrected chi connectivity index (χ1v) is 7.24. The van der Waals surface area contributed by atoms with Crippen LogP contribution in [0.5, 0.6) is 0 Å². The molecule has 0 aliphatic carbocycles. The molecule has 2 heterocycles. The summed E-state index contributed by atoms with van der Waals surface area (Å²) in [7, 11) is 0. The third-order valence-corrected chi connectivity index (χ3v) is 3.91. The van der Waals surface area contributed by atoms with Crippen LogP contribution in [0.2, 0.25) is 0 Å². The van der Waals surface area contributed by atoms with E-state index in [2.05, 4.69) is 4.99 Å². The Morgan fingerprint density at radius 3 is 2.81 bits per heavy atom. The number of nitrogens with zero attached hydrogens (tertiary/aromatic N) is 3. The van der Waals surface area contributed by atoms with E-state index in [-0.39, 0.29) is 5.82 Å². The fraction of sp³-hybridized carbons (Fsp3) is 0.533. The Morgan fingerprint density at radius 1 is 1.33 bits per heavy atom. The number of hydrogen-bond donors (Lipinski definition) is 1. The lowest BCUT2D eigenvalue weighted by Gasteiger charge is -2.32. The third-order valence-electron chi connectivity index (χ3n) is 3.91. The number of ether oxygens (including phenoxy) is 1. The van der Waals surface area contributed by atoms with Crippen molar-refractivity contribution >= 4 is 17.2 Å². The number of hydrogen-bond acceptors (Lipinski definition) is 5. The molecule has 3 rings (SSSR count). The van der Waals surface area contributed by atoms with Crippen LogP contribution in [0.1, 0.15) is 6.92 Å². The predicted molar refractivity (Wildman–Crippen MR) is 80.8 cm³/mol. The van der Waals surface area contributed by atoms with Crippen LogP contribution in [0.3, 0.4) is 0 Å². The Morgan fingerprint density at radius 2 is 2.10 bits per heavy atom. The molecule has 1 aromatic rings. The molecular weight excluding hydrogens is 273 g/mol. The topological polar surface area (TPSA) is 48.3 Å². The molecule has 0 saturated carbocycles. The summed E-state index contributed by atoms with van der Waals surface area (Å²) in [5.41, 5.74) is 1.33. The second-order valence-corrected chi connectivity index (χ2v) is 5.39. The van der Waals surface area contributed by atoms with Gasteiger partial charge in [-0.1, -0.05) is 0 Å². The zero-order valence-corrected chi connectivity index (χ0v) is 12.1. The van der Waals surface area contributed by atoms with Crippen molar-refractivity contribution in [2.24, 2.45) is 4.99 Å². The largest absolute Gasteiger partial charge is 0.389 e. The van der Waals surface area contributed by atoms with Crippen LogP contribution < -0.4 is 9.80 Å². The minimum atomic E-state index is -0.504. The van der Waals surface area contributed by atoms with E-state index in [1.54, 1.807) is 6.07 Å². The van der Waals surface area contributed by atoms with Crippen molar-refractivity contribution < 1.29 is 14.2 Å². The van der Waals surface area contributed by atoms with Crippen molar-refractivity contribution in [1.82, 2.24) is 0 Å². The van der Waals surface area contributed by atoms with E-state index in [1.807, 2.05) is 22.8 Å². The lowest BCUT2D eigenvalue weighted by molar-refractivity contribution is 0.122. The average Bonchev–Trinajstić information content (AvgIpc) is 2.50. The van der Waals surface area contributed by atoms with Gasteiger partial charge in [0, 0.05) is 18.8 Å². The van der Waals surface area contributed by atoms with Crippen LogP contribution in [0.4, 0.5) is 15.8 Å². The number of morpholine rings is 1. The average molecular weight is 293 g/mol. The summed E-state index contributed by atoms with van der Waals surface area (Å²) in [5.74, 6) is 0.557. The first-order chi connectivity index (χ1) is 10.1. The van der Waals surface area contributed by atoms with E-state index in [1.165, 1.54) is 6.07 Å². The molecule has 2 aliphatic rings. The van der Waals surface area contributed by atoms with Crippen molar-refractivity contribution in [3.8, 4) is 0 Å². The molecule has 5 nitrogen and oxygen atoms in total. The quantitative estimate of drug-likeness (QED) is 0.892. The number of aliphatic imine (C=N–C) groups is 1. The molecule has 0 unspecified atom stereocenters. The fourth-order valence-electron chi connectivity index (χ4n) is 2.74. The Balaban J connectivity index is 1.83. The maximum atomic E-state index is 14.4. The maximum Gasteiger partial charge on any atom is 0.148 e. The van der Waals surface area contributed by atoms with Gasteiger partial charge in [-0.3, -0.25) is 4.99 Å². The van der Waals surface area contributed by atoms with Crippen LogP contribution >= 0.6 is 0 Å². The van der Waals surface area contributed by atoms with E-state index in [9.17, 15) is 9.50 Å². The second-order valence-electron chi connectivity index (χ2n) is 5.39. The molecule has 1 saturated heterocycles. The molecule has 1 aromatic carbocycles. The standard InChI is InChI=1S/C15H20FN3O2/c1-11-17-9-13(20)10-19(11)12-2-3-15(14(16)8-12)18-4-6-21-7-5-18/h2-3,8,13,20H,4-7,9-10H2,1H3/t13-/m0/s1. The second kappa shape index (κ2) is 5.99. The monoisotopic (exact) mass is 293 g/mol. The molecule has 0 spiro atoms. The molecule has 0 aromatic heterocycles. The molecule has 0 bridgehead atoms. The Bertz CT molecular complexity index is 544. The number of amidine groups is 1. The van der Waals surface area contributed by atoms with Crippen LogP contribution in [-0.4, -0.2) is 56.4 Å². The highest BCUT2D eigenvalue weighted by Crippen LogP contribution is 2.27. The molecular formula is C15H20FN3O2. The molecule has 1 N–H and O–H groups in total. The number of benzene rings is 1. The van der Waals surface area contributed by atoms with Gasteiger partial charge in [0.1, 0.15) is 11.7 Å². The molecule has 0 radical (unpaired) electrons. The van der Waals surface area contributed by atoms with Crippen molar-refractivity contribution in [2.75, 3.05) is 49.2 Å². The van der Waals surface area contributed by atoms with Gasteiger partial charge in [-0.15, -0.1) is 0 Å². The molecule has 6 heteroatoms. The molecule has 1 atom stereocenters. The van der Waals surface area contributed by atoms with E-state index >= 15 is 0 Å². The van der Waals surface area contributed by atoms with Crippen molar-refractivity contribution in [3.05, 3.63) is 24.0 Å². The zero-order valence-electron chi connectivity index (χ0n) is 12.1. The lowest BCUT2D eigenvalue weighted by Crippen LogP contribution is -2.42. The summed E-state index contributed by atoms with van der Waals surface area (Å²) >= 11 is 0. The summed E-state index contributed by atoms with van der Waals surface area (Å²) in [5, 5.41) is 9.72. The third kappa shape index (κ3) is 3.01. The summed E-state index contributed by atoms with van der Waals surface area (Å²) in [6, 6.07) is 5.19. The Kier molecular flexibility index (Phi) is 4.07. The number of halogens is 1. The zero-order chi connectivity index (χ0) is 14.8. The van der Waals surface area contributed by atoms with E-state index in [0.717, 1.165) is 11.5 Å². The highest BCUT2D eigenvalue weighted by Gasteiger charge is 2.21. The highest BCUT2D eigenvalue weighted by atomic mass is 19.1. The van der Waals surface area contributed by atoms with Crippen molar-refractivity contribution in [3.63, 3.8) is 0 Å². The number of β-amino-alcohol motifs (C(OH)–C–C–N with tert-alkyl or cyclic N) is 1. The first-order valence-electron chi connectivity index (χ1n) is 7.24. The van der Waals surface area contributed by atoms with Crippen molar-refractivity contribution in [2.45, 2.75) is 13.0 Å². The van der Waals surface area contributed by atoms with Gasteiger partial charge < -0.3 is 19.6 Å². The highest BCUT2D eigenvalue weighted by molar-refractivity contribution is 5.96. The van der Waals surface area contributed by atoms with Gasteiger partial charge in [0.2, 0.25) is 0 Å². The fourth-order valence-corrected chi connectivity index (χ4v) is 2.74. The Labute approximate surface area is 123 Å². The molecule has 114 valence electrons. The SMILES string of the molecule is CC1=NC[C@H](O)CN1c1ccc(N2CCOCC2)c(F)c1. The smallest absolute Gasteiger partial charge is 0.148 e. The van der Waals surface area contributed by atoms with Crippen LogP contribution in [0, 0.1) is 5.82 Å². The summed E-state index contributed by atoms with van der Waals surface area (Å²) in [4.78, 5) is 8.10. The normalized spacial score (nSPS) is 23.2. The first kappa shape index (κ1) is 14.3. The van der Waals surface area contributed by atoms with Crippen LogP contribution in [0.25, 0.3) is 0 Å². The van der Waals surface area contributed by atoms with Gasteiger partial charge in [-0.05, 0) is 25.1 Å². The van der Waals surface area contributed by atoms with Gasteiger partial charge in [-0.2, -0.15) is 0 Å². The summed E-state index contributed by atoms with van der Waals surface area (Å²) in [6.07, 6.45) is -0.504. The minimum Gasteiger partial charge on any atom is -0.389 e. The van der Waals surface area contributed by atoms with Crippen LogP contribution in [0.15, 0.2) is 23.2 Å². The maximum absolute atomic E-state index is 14.4. The number of rotatable bonds is 2. The number of anilines is 2. The summed E-state index contributed by atoms with van der Waals surface area (Å²) < 4.78 is 19.7. The van der Waals surface area contributed by atoms with Gasteiger partial charge in [0.05, 0.1) is 38.1 Å². The van der Waals surface area contributed by atoms with E-state index in [4.69, 9.17) is 4.74 Å². The minimum absolute atomic E-state index is 0.248. The number of aliphatic hydroxyl groups is 1. The number of aliphatic hydroxyl groups excluding tert-OH is 1. The van der Waals surface area contributed by atoms with E-state index in [0.29, 0.717) is 45.1 Å². The van der Waals surface area contributed by atoms with Crippen LogP contribution in [-0.2, 0) is 4.74 Å². The molecule has 21 heavy (non-hydrogen) atoms. The lowest BCUT2D eigenvalue weighted by atomic mass is 10.2. The van der Waals surface area contributed by atoms with Gasteiger partial charge in [-0.25, -0.2) is 4.39 Å². The summed E-state index contributed by atoms with van der Waals surface area (Å²) in [6.45, 7) is 5.41. The van der Waals surface area contributed by atoms with E-state index < -0.39 is 6.10 Å². The van der Waals surface area contributed by atoms with Gasteiger partial charge >= 0.3 is 0 Å². The Hall–Kier alpha value is -1.66. The van der Waals surface area contributed by atoms with Gasteiger partial charge in [0.15, 0.2) is 0 Å². The molecule has 0 amide bonds. The molecule has 1 fully saturated rings. The molecule has 2 aliphatic heterocycles. The van der Waals surface area contributed by atoms with Gasteiger partial charge in [0.25, 0.3) is 0 Å². The predicted octanol–water partition coefficient (Wildman–Crippen LogP) is 1.26.